The second kappa shape index (κ2) is 14.2. The number of nitrogens with one attached hydrogen (secondary N) is 1. The van der Waals surface area contributed by atoms with E-state index in [9.17, 15) is 18.0 Å². The maximum atomic E-state index is 14.3. The normalized spacial score (nSPS) is 14.7. The molecule has 3 aromatic rings. The van der Waals surface area contributed by atoms with Crippen molar-refractivity contribution < 1.29 is 18.0 Å². The lowest BCUT2D eigenvalue weighted by Crippen LogP contribution is -2.55. The van der Waals surface area contributed by atoms with Gasteiger partial charge in [0.15, 0.2) is 0 Å². The molecule has 1 N–H and O–H groups in total. The van der Waals surface area contributed by atoms with Gasteiger partial charge in [-0.05, 0) is 67.1 Å². The molecule has 0 heterocycles. The standard InChI is InChI=1S/C33H40ClN3O4S/c1-24-18-19-29(20-25(24)2)37(42(3,40)41)23-32(38)36(22-27-14-10-11-17-30(27)34)31(21-26-12-6-4-7-13-26)33(39)35-28-15-8-5-9-16-28/h4,6-7,10-14,17-20,28,31H,5,8-9,15-16,21-23H2,1-3H3,(H,35,39)/t31-/m0/s1. The summed E-state index contributed by atoms with van der Waals surface area (Å²) in [6.45, 7) is 3.45. The molecule has 0 saturated heterocycles. The Balaban J connectivity index is 1.74. The molecule has 1 saturated carbocycles. The lowest BCUT2D eigenvalue weighted by molar-refractivity contribution is -0.140. The van der Waals surface area contributed by atoms with E-state index in [0.717, 1.165) is 59.4 Å². The van der Waals surface area contributed by atoms with Gasteiger partial charge in [-0.2, -0.15) is 0 Å². The summed E-state index contributed by atoms with van der Waals surface area (Å²) >= 11 is 6.53. The van der Waals surface area contributed by atoms with E-state index in [2.05, 4.69) is 5.32 Å². The summed E-state index contributed by atoms with van der Waals surface area (Å²) in [4.78, 5) is 29.8. The van der Waals surface area contributed by atoms with Gasteiger partial charge in [-0.25, -0.2) is 8.42 Å². The molecular formula is C33H40ClN3O4S. The minimum absolute atomic E-state index is 0.0461. The van der Waals surface area contributed by atoms with Crippen molar-refractivity contribution in [3.63, 3.8) is 0 Å². The Hall–Kier alpha value is -3.36. The fourth-order valence-corrected chi connectivity index (χ4v) is 6.44. The number of carbonyl (C=O) groups is 2. The third-order valence-corrected chi connectivity index (χ3v) is 9.49. The van der Waals surface area contributed by atoms with Crippen molar-refractivity contribution in [3.05, 3.63) is 100 Å². The number of anilines is 1. The zero-order valence-electron chi connectivity index (χ0n) is 24.6. The van der Waals surface area contributed by atoms with Crippen molar-refractivity contribution in [3.8, 4) is 0 Å². The van der Waals surface area contributed by atoms with Crippen molar-refractivity contribution in [1.82, 2.24) is 10.2 Å². The Bertz CT molecular complexity index is 1490. The third kappa shape index (κ3) is 8.35. The number of amides is 2. The number of carbonyl (C=O) groups excluding carboxylic acids is 2. The number of benzene rings is 3. The number of nitrogens with zero attached hydrogens (tertiary/aromatic N) is 2. The third-order valence-electron chi connectivity index (χ3n) is 7.98. The SMILES string of the molecule is Cc1ccc(N(CC(=O)N(Cc2ccccc2Cl)[C@@H](Cc2ccccc2)C(=O)NC2CCCCC2)S(C)(=O)=O)cc1C. The van der Waals surface area contributed by atoms with Gasteiger partial charge < -0.3 is 10.2 Å². The van der Waals surface area contributed by atoms with Gasteiger partial charge in [0.2, 0.25) is 21.8 Å². The first kappa shape index (κ1) is 31.6. The van der Waals surface area contributed by atoms with Crippen LogP contribution in [0.5, 0.6) is 0 Å². The maximum absolute atomic E-state index is 14.3. The average molecular weight is 610 g/mol. The smallest absolute Gasteiger partial charge is 0.244 e. The lowest BCUT2D eigenvalue weighted by Gasteiger charge is -2.35. The molecule has 0 spiro atoms. The molecule has 0 aliphatic heterocycles. The molecule has 1 atom stereocenters. The molecule has 0 bridgehead atoms. The maximum Gasteiger partial charge on any atom is 0.244 e. The van der Waals surface area contributed by atoms with Crippen LogP contribution in [-0.2, 0) is 32.6 Å². The first-order chi connectivity index (χ1) is 20.0. The number of hydrogen-bond acceptors (Lipinski definition) is 4. The van der Waals surface area contributed by atoms with Gasteiger partial charge in [0.05, 0.1) is 11.9 Å². The van der Waals surface area contributed by atoms with E-state index in [1.54, 1.807) is 24.3 Å². The predicted molar refractivity (Wildman–Crippen MR) is 169 cm³/mol. The molecule has 42 heavy (non-hydrogen) atoms. The van der Waals surface area contributed by atoms with Crippen LogP contribution < -0.4 is 9.62 Å². The van der Waals surface area contributed by atoms with Crippen LogP contribution in [0.25, 0.3) is 0 Å². The van der Waals surface area contributed by atoms with Crippen molar-refractivity contribution in [2.75, 3.05) is 17.1 Å². The minimum atomic E-state index is -3.83. The molecule has 4 rings (SSSR count). The van der Waals surface area contributed by atoms with Crippen molar-refractivity contribution >= 4 is 39.1 Å². The quantitative estimate of drug-likeness (QED) is 0.297. The molecule has 3 aromatic carbocycles. The number of aryl methyl sites for hydroxylation is 2. The van der Waals surface area contributed by atoms with Crippen molar-refractivity contribution in [2.24, 2.45) is 0 Å². The van der Waals surface area contributed by atoms with E-state index in [-0.39, 0.29) is 24.9 Å². The second-order valence-electron chi connectivity index (χ2n) is 11.2. The summed E-state index contributed by atoms with van der Waals surface area (Å²) in [6, 6.07) is 21.2. The molecule has 1 fully saturated rings. The molecular weight excluding hydrogens is 570 g/mol. The highest BCUT2D eigenvalue weighted by atomic mass is 35.5. The van der Waals surface area contributed by atoms with Gasteiger partial charge in [-0.1, -0.05) is 85.5 Å². The summed E-state index contributed by atoms with van der Waals surface area (Å²) in [7, 11) is -3.83. The Morgan fingerprint density at radius 3 is 2.24 bits per heavy atom. The minimum Gasteiger partial charge on any atom is -0.352 e. The fourth-order valence-electron chi connectivity index (χ4n) is 5.40. The van der Waals surface area contributed by atoms with Crippen LogP contribution in [0.4, 0.5) is 5.69 Å². The first-order valence-electron chi connectivity index (χ1n) is 14.4. The van der Waals surface area contributed by atoms with Gasteiger partial charge >= 0.3 is 0 Å². The number of sulfonamides is 1. The van der Waals surface area contributed by atoms with Crippen LogP contribution in [-0.4, -0.2) is 50.0 Å². The molecule has 9 heteroatoms. The van der Waals surface area contributed by atoms with E-state index in [4.69, 9.17) is 11.6 Å². The van der Waals surface area contributed by atoms with Crippen LogP contribution >= 0.6 is 11.6 Å². The molecule has 7 nitrogen and oxygen atoms in total. The molecule has 0 radical (unpaired) electrons. The molecule has 0 aromatic heterocycles. The largest absolute Gasteiger partial charge is 0.352 e. The zero-order valence-corrected chi connectivity index (χ0v) is 26.1. The van der Waals surface area contributed by atoms with Gasteiger partial charge in [-0.3, -0.25) is 13.9 Å². The van der Waals surface area contributed by atoms with E-state index in [0.29, 0.717) is 16.3 Å². The number of rotatable bonds is 11. The van der Waals surface area contributed by atoms with Gasteiger partial charge in [0.25, 0.3) is 0 Å². The van der Waals surface area contributed by atoms with Crippen LogP contribution in [0.3, 0.4) is 0 Å². The van der Waals surface area contributed by atoms with E-state index >= 15 is 0 Å². The van der Waals surface area contributed by atoms with Crippen LogP contribution in [0.15, 0.2) is 72.8 Å². The van der Waals surface area contributed by atoms with Crippen molar-refractivity contribution in [1.29, 1.82) is 0 Å². The predicted octanol–water partition coefficient (Wildman–Crippen LogP) is 5.81. The van der Waals surface area contributed by atoms with E-state index in [1.165, 1.54) is 4.90 Å². The molecule has 0 unspecified atom stereocenters. The average Bonchev–Trinajstić information content (AvgIpc) is 2.96. The van der Waals surface area contributed by atoms with Crippen LogP contribution in [0, 0.1) is 13.8 Å². The molecule has 1 aliphatic rings. The van der Waals surface area contributed by atoms with Gasteiger partial charge in [0.1, 0.15) is 12.6 Å². The Kier molecular flexibility index (Phi) is 10.7. The van der Waals surface area contributed by atoms with Crippen LogP contribution in [0.2, 0.25) is 5.02 Å². The van der Waals surface area contributed by atoms with E-state index < -0.39 is 28.5 Å². The monoisotopic (exact) mass is 609 g/mol. The summed E-state index contributed by atoms with van der Waals surface area (Å²) in [5.74, 6) is -0.735. The summed E-state index contributed by atoms with van der Waals surface area (Å²) in [6.07, 6.45) is 6.42. The van der Waals surface area contributed by atoms with Crippen LogP contribution in [0.1, 0.15) is 54.4 Å². The highest BCUT2D eigenvalue weighted by Gasteiger charge is 2.34. The molecule has 224 valence electrons. The first-order valence-corrected chi connectivity index (χ1v) is 16.7. The summed E-state index contributed by atoms with van der Waals surface area (Å²) in [5, 5.41) is 3.67. The summed E-state index contributed by atoms with van der Waals surface area (Å²) < 4.78 is 27.1. The molecule has 1 aliphatic carbocycles. The Morgan fingerprint density at radius 2 is 1.60 bits per heavy atom. The van der Waals surface area contributed by atoms with Crippen molar-refractivity contribution in [2.45, 2.75) is 71.0 Å². The summed E-state index contributed by atoms with van der Waals surface area (Å²) in [5.41, 5.74) is 3.90. The lowest BCUT2D eigenvalue weighted by atomic mass is 9.94. The molecule has 2 amide bonds. The Labute approximate surface area is 254 Å². The second-order valence-corrected chi connectivity index (χ2v) is 13.5. The highest BCUT2D eigenvalue weighted by Crippen LogP contribution is 2.25. The topological polar surface area (TPSA) is 86.8 Å². The van der Waals surface area contributed by atoms with Gasteiger partial charge in [0, 0.05) is 24.0 Å². The Morgan fingerprint density at radius 1 is 0.929 bits per heavy atom. The fraction of sp³-hybridized carbons (Fsp3) is 0.394. The number of halogens is 1. The number of hydrogen-bond donors (Lipinski definition) is 1. The zero-order chi connectivity index (χ0) is 30.3. The van der Waals surface area contributed by atoms with E-state index in [1.807, 2.05) is 62.4 Å². The van der Waals surface area contributed by atoms with Gasteiger partial charge in [-0.15, -0.1) is 0 Å². The highest BCUT2D eigenvalue weighted by molar-refractivity contribution is 7.92.